The monoisotopic (exact) mass is 478 g/mol. The van der Waals surface area contributed by atoms with Gasteiger partial charge in [-0.25, -0.2) is 4.98 Å². The third-order valence-electron chi connectivity index (χ3n) is 4.46. The van der Waals surface area contributed by atoms with Crippen molar-refractivity contribution in [2.24, 2.45) is 0 Å². The number of rotatable bonds is 9. The molecule has 11 heteroatoms. The highest BCUT2D eigenvalue weighted by Gasteiger charge is 2.30. The Morgan fingerprint density at radius 1 is 1.09 bits per heavy atom. The molecule has 2 amide bonds. The van der Waals surface area contributed by atoms with Crippen LogP contribution in [0, 0.1) is 0 Å². The van der Waals surface area contributed by atoms with Crippen molar-refractivity contribution in [1.82, 2.24) is 15.6 Å². The summed E-state index contributed by atoms with van der Waals surface area (Å²) in [5.41, 5.74) is 0.558. The molecule has 1 heterocycles. The lowest BCUT2D eigenvalue weighted by Gasteiger charge is -2.10. The second-order valence-corrected chi connectivity index (χ2v) is 7.73. The van der Waals surface area contributed by atoms with Gasteiger partial charge in [-0.15, -0.1) is 11.3 Å². The number of carbonyl (C=O) groups is 2. The average molecular weight is 478 g/mol. The molecule has 3 aromatic rings. The van der Waals surface area contributed by atoms with Crippen LogP contribution in [0.3, 0.4) is 0 Å². The van der Waals surface area contributed by atoms with Gasteiger partial charge in [0.25, 0.3) is 5.91 Å². The second kappa shape index (κ2) is 10.8. The van der Waals surface area contributed by atoms with Gasteiger partial charge in [-0.2, -0.15) is 13.2 Å². The highest BCUT2D eigenvalue weighted by molar-refractivity contribution is 7.14. The maximum atomic E-state index is 12.7. The van der Waals surface area contributed by atoms with E-state index in [9.17, 15) is 22.8 Å². The molecule has 33 heavy (non-hydrogen) atoms. The van der Waals surface area contributed by atoms with Crippen LogP contribution in [0.5, 0.6) is 5.75 Å². The Morgan fingerprint density at radius 2 is 1.85 bits per heavy atom. The smallest absolute Gasteiger partial charge is 0.416 e. The lowest BCUT2D eigenvalue weighted by molar-refractivity contribution is -0.137. The number of benzene rings is 2. The van der Waals surface area contributed by atoms with E-state index in [0.29, 0.717) is 10.7 Å². The van der Waals surface area contributed by atoms with Crippen molar-refractivity contribution in [3.8, 4) is 5.75 Å². The predicted molar refractivity (Wildman–Crippen MR) is 119 cm³/mol. The topological polar surface area (TPSA) is 92.3 Å². The highest BCUT2D eigenvalue weighted by atomic mass is 32.1. The third-order valence-corrected chi connectivity index (χ3v) is 5.22. The summed E-state index contributed by atoms with van der Waals surface area (Å²) in [5, 5.41) is 10.4. The molecule has 0 fully saturated rings. The van der Waals surface area contributed by atoms with Crippen LogP contribution in [0.2, 0.25) is 0 Å². The fraction of sp³-hybridized carbons (Fsp3) is 0.227. The normalized spacial score (nSPS) is 11.0. The Labute approximate surface area is 192 Å². The van der Waals surface area contributed by atoms with E-state index in [1.807, 2.05) is 12.1 Å². The molecule has 0 unspecified atom stereocenters. The zero-order valence-corrected chi connectivity index (χ0v) is 18.3. The molecule has 0 saturated carbocycles. The summed E-state index contributed by atoms with van der Waals surface area (Å²) in [5.74, 6) is -0.105. The average Bonchev–Trinajstić information content (AvgIpc) is 3.26. The van der Waals surface area contributed by atoms with E-state index in [1.54, 1.807) is 24.6 Å². The van der Waals surface area contributed by atoms with Crippen molar-refractivity contribution in [3.63, 3.8) is 0 Å². The molecule has 0 aliphatic rings. The molecule has 3 rings (SSSR count). The number of carbonyl (C=O) groups excluding carboxylic acids is 2. The van der Waals surface area contributed by atoms with Crippen LogP contribution in [-0.4, -0.2) is 30.5 Å². The first-order valence-electron chi connectivity index (χ1n) is 9.82. The Morgan fingerprint density at radius 3 is 2.55 bits per heavy atom. The van der Waals surface area contributed by atoms with Gasteiger partial charge in [0.2, 0.25) is 5.91 Å². The maximum absolute atomic E-state index is 12.7. The van der Waals surface area contributed by atoms with E-state index in [1.165, 1.54) is 23.5 Å². The van der Waals surface area contributed by atoms with E-state index in [2.05, 4.69) is 20.9 Å². The van der Waals surface area contributed by atoms with Crippen LogP contribution < -0.4 is 20.7 Å². The Kier molecular flexibility index (Phi) is 7.88. The number of amides is 2. The molecular weight excluding hydrogens is 457 g/mol. The van der Waals surface area contributed by atoms with Gasteiger partial charge in [0.15, 0.2) is 5.13 Å². The Balaban J connectivity index is 1.41. The van der Waals surface area contributed by atoms with Gasteiger partial charge in [-0.05, 0) is 42.0 Å². The lowest BCUT2D eigenvalue weighted by atomic mass is 10.1. The van der Waals surface area contributed by atoms with Crippen molar-refractivity contribution < 1.29 is 27.5 Å². The van der Waals surface area contributed by atoms with Gasteiger partial charge in [-0.1, -0.05) is 12.1 Å². The van der Waals surface area contributed by atoms with Gasteiger partial charge >= 0.3 is 6.18 Å². The van der Waals surface area contributed by atoms with Crippen molar-refractivity contribution in [2.75, 3.05) is 19.0 Å². The number of hydrogen-bond donors (Lipinski definition) is 3. The van der Waals surface area contributed by atoms with Gasteiger partial charge in [0, 0.05) is 30.6 Å². The van der Waals surface area contributed by atoms with E-state index in [-0.39, 0.29) is 25.2 Å². The minimum absolute atomic E-state index is 0.0220. The molecule has 3 N–H and O–H groups in total. The van der Waals surface area contributed by atoms with Crippen LogP contribution in [0.1, 0.15) is 28.0 Å². The molecule has 0 radical (unpaired) electrons. The number of nitrogens with one attached hydrogen (secondary N) is 3. The number of aromatic nitrogens is 1. The Bertz CT molecular complexity index is 1100. The summed E-state index contributed by atoms with van der Waals surface area (Å²) in [6, 6.07) is 12.0. The van der Waals surface area contributed by atoms with Gasteiger partial charge in [0.1, 0.15) is 11.4 Å². The number of ether oxygens (including phenoxy) is 1. The van der Waals surface area contributed by atoms with Crippen molar-refractivity contribution in [3.05, 3.63) is 70.7 Å². The van der Waals surface area contributed by atoms with Gasteiger partial charge < -0.3 is 20.7 Å². The molecule has 0 aliphatic heterocycles. The van der Waals surface area contributed by atoms with Gasteiger partial charge in [0.05, 0.1) is 12.7 Å². The van der Waals surface area contributed by atoms with Crippen molar-refractivity contribution in [1.29, 1.82) is 0 Å². The SMILES string of the molecule is COc1ccc(Nc2nc(C(=O)NCCC(=O)NCc3cccc(C(F)(F)F)c3)cs2)cc1. The summed E-state index contributed by atoms with van der Waals surface area (Å²) >= 11 is 1.26. The van der Waals surface area contributed by atoms with E-state index >= 15 is 0 Å². The largest absolute Gasteiger partial charge is 0.497 e. The quantitative estimate of drug-likeness (QED) is 0.425. The predicted octanol–water partition coefficient (Wildman–Crippen LogP) is 4.35. The zero-order valence-electron chi connectivity index (χ0n) is 17.5. The van der Waals surface area contributed by atoms with Crippen molar-refractivity contribution in [2.45, 2.75) is 19.1 Å². The molecular formula is C22H21F3N4O3S. The molecule has 0 bridgehead atoms. The molecule has 0 saturated heterocycles. The number of methoxy groups -OCH3 is 1. The van der Waals surface area contributed by atoms with Crippen LogP contribution >= 0.6 is 11.3 Å². The van der Waals surface area contributed by atoms with E-state index in [4.69, 9.17) is 4.74 Å². The second-order valence-electron chi connectivity index (χ2n) is 6.87. The lowest BCUT2D eigenvalue weighted by Crippen LogP contribution is -2.30. The molecule has 7 nitrogen and oxygen atoms in total. The first-order valence-corrected chi connectivity index (χ1v) is 10.7. The number of nitrogens with zero attached hydrogens (tertiary/aromatic N) is 1. The highest BCUT2D eigenvalue weighted by Crippen LogP contribution is 2.29. The third kappa shape index (κ3) is 7.21. The summed E-state index contributed by atoms with van der Waals surface area (Å²) in [4.78, 5) is 28.4. The first kappa shape index (κ1) is 24.1. The number of alkyl halides is 3. The van der Waals surface area contributed by atoms with Gasteiger partial charge in [-0.3, -0.25) is 9.59 Å². The summed E-state index contributed by atoms with van der Waals surface area (Å²) < 4.78 is 43.3. The summed E-state index contributed by atoms with van der Waals surface area (Å²) in [7, 11) is 1.58. The standard InChI is InChI=1S/C22H21F3N4O3S/c1-32-17-7-5-16(6-8-17)28-21-29-18(13-33-21)20(31)26-10-9-19(30)27-12-14-3-2-4-15(11-14)22(23,24)25/h2-8,11,13H,9-10,12H2,1H3,(H,26,31)(H,27,30)(H,28,29). The minimum Gasteiger partial charge on any atom is -0.497 e. The molecule has 0 atom stereocenters. The number of anilines is 2. The first-order chi connectivity index (χ1) is 15.7. The summed E-state index contributed by atoms with van der Waals surface area (Å²) in [6.07, 6.45) is -4.46. The minimum atomic E-state index is -4.44. The van der Waals surface area contributed by atoms with Crippen molar-refractivity contribution >= 4 is 34.0 Å². The van der Waals surface area contributed by atoms with Crippen LogP contribution in [0.15, 0.2) is 53.9 Å². The maximum Gasteiger partial charge on any atom is 0.416 e. The fourth-order valence-electron chi connectivity index (χ4n) is 2.76. The molecule has 0 spiro atoms. The van der Waals surface area contributed by atoms with E-state index < -0.39 is 23.6 Å². The van der Waals surface area contributed by atoms with E-state index in [0.717, 1.165) is 23.6 Å². The molecule has 1 aromatic heterocycles. The number of halogens is 3. The molecule has 0 aliphatic carbocycles. The molecule has 174 valence electrons. The van der Waals surface area contributed by atoms with Crippen LogP contribution in [0.4, 0.5) is 24.0 Å². The summed E-state index contributed by atoms with van der Waals surface area (Å²) in [6.45, 7) is 0.0230. The Hall–Kier alpha value is -3.60. The number of thiazole rings is 1. The zero-order chi connectivity index (χ0) is 23.8. The molecule has 2 aromatic carbocycles. The van der Waals surface area contributed by atoms with Crippen LogP contribution in [0.25, 0.3) is 0 Å². The number of hydrogen-bond acceptors (Lipinski definition) is 6. The fourth-order valence-corrected chi connectivity index (χ4v) is 3.47. The van der Waals surface area contributed by atoms with Crippen LogP contribution in [-0.2, 0) is 17.5 Å².